The Morgan fingerprint density at radius 3 is 2.32 bits per heavy atom. The summed E-state index contributed by atoms with van der Waals surface area (Å²) < 4.78 is 32.5. The van der Waals surface area contributed by atoms with Crippen LogP contribution < -0.4 is 15.4 Å². The Morgan fingerprint density at radius 1 is 0.947 bits per heavy atom. The highest BCUT2D eigenvalue weighted by Gasteiger charge is 2.27. The van der Waals surface area contributed by atoms with Crippen LogP contribution >= 0.6 is 22.9 Å². The summed E-state index contributed by atoms with van der Waals surface area (Å²) in [6.07, 6.45) is 3.54. The quantitative estimate of drug-likeness (QED) is 0.314. The van der Waals surface area contributed by atoms with Crippen molar-refractivity contribution < 1.29 is 27.5 Å². The smallest absolute Gasteiger partial charge is 0.414 e. The zero-order valence-electron chi connectivity index (χ0n) is 20.5. The largest absolute Gasteiger partial charge is 0.450 e. The highest BCUT2D eigenvalue weighted by Crippen LogP contribution is 2.38. The van der Waals surface area contributed by atoms with E-state index in [4.69, 9.17) is 16.3 Å². The van der Waals surface area contributed by atoms with Crippen LogP contribution in [0, 0.1) is 0 Å². The molecule has 3 amide bonds. The van der Waals surface area contributed by atoms with E-state index in [1.807, 2.05) is 0 Å². The van der Waals surface area contributed by atoms with E-state index < -0.39 is 27.9 Å². The van der Waals surface area contributed by atoms with E-state index in [0.717, 1.165) is 36.1 Å². The molecule has 200 valence electrons. The second kappa shape index (κ2) is 12.0. The van der Waals surface area contributed by atoms with E-state index >= 15 is 0 Å². The minimum absolute atomic E-state index is 0.0507. The van der Waals surface area contributed by atoms with Crippen LogP contribution in [0.4, 0.5) is 15.5 Å². The predicted octanol–water partition coefficient (Wildman–Crippen LogP) is 5.61. The molecule has 0 radical (unpaired) electrons. The third-order valence-corrected chi connectivity index (χ3v) is 8.75. The summed E-state index contributed by atoms with van der Waals surface area (Å²) in [5, 5.41) is 5.82. The van der Waals surface area contributed by atoms with Gasteiger partial charge in [-0.1, -0.05) is 18.0 Å². The van der Waals surface area contributed by atoms with Crippen LogP contribution in [0.15, 0.2) is 53.4 Å². The summed E-state index contributed by atoms with van der Waals surface area (Å²) in [6.45, 7) is 1.76. The minimum atomic E-state index is -3.84. The number of thiophene rings is 1. The van der Waals surface area contributed by atoms with Crippen LogP contribution in [0.2, 0.25) is 5.02 Å². The third kappa shape index (κ3) is 6.53. The van der Waals surface area contributed by atoms with Gasteiger partial charge >= 0.3 is 6.09 Å². The average Bonchev–Trinajstić information content (AvgIpc) is 3.04. The van der Waals surface area contributed by atoms with Gasteiger partial charge in [-0.2, -0.15) is 0 Å². The van der Waals surface area contributed by atoms with Crippen molar-refractivity contribution in [3.05, 3.63) is 75.1 Å². The number of benzene rings is 2. The van der Waals surface area contributed by atoms with Gasteiger partial charge in [-0.15, -0.1) is 11.3 Å². The molecule has 0 spiro atoms. The molecule has 1 heterocycles. The number of ether oxygens (including phenoxy) is 1. The lowest BCUT2D eigenvalue weighted by atomic mass is 10.0. The Balaban J connectivity index is 1.52. The van der Waals surface area contributed by atoms with Crippen LogP contribution in [0.5, 0.6) is 0 Å². The van der Waals surface area contributed by atoms with Crippen LogP contribution in [0.1, 0.15) is 57.3 Å². The highest BCUT2D eigenvalue weighted by molar-refractivity contribution is 7.92. The third-order valence-electron chi connectivity index (χ3n) is 5.89. The molecule has 1 aromatic heterocycles. The van der Waals surface area contributed by atoms with E-state index in [0.29, 0.717) is 16.4 Å². The van der Waals surface area contributed by atoms with Gasteiger partial charge in [0.15, 0.2) is 0 Å². The summed E-state index contributed by atoms with van der Waals surface area (Å²) in [5.74, 6) is -1.09. The lowest BCUT2D eigenvalue weighted by Gasteiger charge is -2.11. The number of amides is 3. The van der Waals surface area contributed by atoms with Crippen molar-refractivity contribution in [2.24, 2.45) is 0 Å². The maximum absolute atomic E-state index is 13.1. The number of halogens is 1. The molecule has 0 unspecified atom stereocenters. The molecule has 0 atom stereocenters. The fraction of sp³-hybridized carbons (Fsp3) is 0.269. The number of fused-ring (bicyclic) bond motifs is 1. The number of anilines is 2. The number of hydrogen-bond donors (Lipinski definition) is 3. The minimum Gasteiger partial charge on any atom is -0.450 e. The molecule has 2 aromatic carbocycles. The normalized spacial score (nSPS) is 13.1. The Kier molecular flexibility index (Phi) is 8.70. The molecule has 4 rings (SSSR count). The molecule has 0 fully saturated rings. The van der Waals surface area contributed by atoms with Crippen LogP contribution in [-0.4, -0.2) is 32.9 Å². The fourth-order valence-corrected chi connectivity index (χ4v) is 6.55. The molecule has 0 saturated carbocycles. The van der Waals surface area contributed by atoms with Gasteiger partial charge in [0.1, 0.15) is 5.00 Å². The number of sulfonamides is 1. The van der Waals surface area contributed by atoms with Gasteiger partial charge in [0.2, 0.25) is 0 Å². The van der Waals surface area contributed by atoms with Crippen molar-refractivity contribution in [3.63, 3.8) is 0 Å². The van der Waals surface area contributed by atoms with Crippen molar-refractivity contribution in [1.29, 1.82) is 0 Å². The molecule has 3 N–H and O–H groups in total. The van der Waals surface area contributed by atoms with E-state index in [1.54, 1.807) is 6.92 Å². The van der Waals surface area contributed by atoms with Gasteiger partial charge < -0.3 is 10.1 Å². The van der Waals surface area contributed by atoms with Crippen molar-refractivity contribution in [1.82, 2.24) is 5.32 Å². The molecule has 9 nitrogen and oxygen atoms in total. The van der Waals surface area contributed by atoms with Gasteiger partial charge in [-0.05, 0) is 86.7 Å². The monoisotopic (exact) mass is 575 g/mol. The molecule has 1 aliphatic carbocycles. The summed E-state index contributed by atoms with van der Waals surface area (Å²) in [7, 11) is -3.84. The van der Waals surface area contributed by atoms with Crippen LogP contribution in [-0.2, 0) is 27.6 Å². The molecule has 0 aliphatic heterocycles. The number of carbonyl (C=O) groups is 3. The first-order valence-corrected chi connectivity index (χ1v) is 14.7. The van der Waals surface area contributed by atoms with E-state index in [9.17, 15) is 22.8 Å². The SMILES string of the molecule is CCOC(=O)NC(=O)c1c(NC(=O)c2ccc(NS(=O)(=O)c3ccc(Cl)cc3)cc2)sc2c1CCCCC2. The van der Waals surface area contributed by atoms with Crippen molar-refractivity contribution in [2.45, 2.75) is 43.9 Å². The van der Waals surface area contributed by atoms with Gasteiger partial charge in [0.05, 0.1) is 17.1 Å². The van der Waals surface area contributed by atoms with E-state index in [1.165, 1.54) is 59.9 Å². The summed E-state index contributed by atoms with van der Waals surface area (Å²) in [4.78, 5) is 39.0. The first kappa shape index (κ1) is 27.6. The molecule has 0 bridgehead atoms. The lowest BCUT2D eigenvalue weighted by molar-refractivity contribution is 0.0925. The molecular weight excluding hydrogens is 550 g/mol. The van der Waals surface area contributed by atoms with E-state index in [2.05, 4.69) is 15.4 Å². The standard InChI is InChI=1S/C26H26ClN3O6S2/c1-2-36-26(33)29-24(32)22-20-6-4-3-5-7-21(20)37-25(22)28-23(31)16-8-12-18(13-9-16)30-38(34,35)19-14-10-17(27)11-15-19/h8-15,30H,2-7H2,1H3,(H,28,31)(H,29,32,33). The Hall–Kier alpha value is -3.41. The predicted molar refractivity (Wildman–Crippen MR) is 147 cm³/mol. The van der Waals surface area contributed by atoms with Gasteiger partial charge in [0, 0.05) is 21.2 Å². The first-order chi connectivity index (χ1) is 18.2. The molecular formula is C26H26ClN3O6S2. The maximum atomic E-state index is 13.1. The number of rotatable bonds is 7. The maximum Gasteiger partial charge on any atom is 0.414 e. The number of imide groups is 1. The topological polar surface area (TPSA) is 131 Å². The average molecular weight is 576 g/mol. The van der Waals surface area contributed by atoms with Gasteiger partial charge in [-0.25, -0.2) is 13.2 Å². The Labute approximate surface area is 229 Å². The van der Waals surface area contributed by atoms with Crippen LogP contribution in [0.25, 0.3) is 0 Å². The first-order valence-electron chi connectivity index (χ1n) is 12.0. The molecule has 1 aliphatic rings. The summed E-state index contributed by atoms with van der Waals surface area (Å²) in [6, 6.07) is 11.7. The number of nitrogens with one attached hydrogen (secondary N) is 3. The Bertz CT molecular complexity index is 1450. The second-order valence-corrected chi connectivity index (χ2v) is 11.8. The number of alkyl carbamates (subject to hydrolysis) is 1. The van der Waals surface area contributed by atoms with Crippen molar-refractivity contribution in [3.8, 4) is 0 Å². The van der Waals surface area contributed by atoms with E-state index in [-0.39, 0.29) is 28.3 Å². The molecule has 38 heavy (non-hydrogen) atoms. The number of hydrogen-bond acceptors (Lipinski definition) is 7. The fourth-order valence-electron chi connectivity index (χ4n) is 4.09. The van der Waals surface area contributed by atoms with Crippen molar-refractivity contribution >= 4 is 61.6 Å². The zero-order valence-corrected chi connectivity index (χ0v) is 22.9. The zero-order chi connectivity index (χ0) is 27.3. The van der Waals surface area contributed by atoms with Gasteiger partial charge in [0.25, 0.3) is 21.8 Å². The molecule has 12 heteroatoms. The second-order valence-electron chi connectivity index (χ2n) is 8.53. The summed E-state index contributed by atoms with van der Waals surface area (Å²) >= 11 is 7.16. The van der Waals surface area contributed by atoms with Crippen molar-refractivity contribution in [2.75, 3.05) is 16.6 Å². The molecule has 0 saturated heterocycles. The number of carbonyl (C=O) groups excluding carboxylic acids is 3. The Morgan fingerprint density at radius 2 is 1.63 bits per heavy atom. The number of aryl methyl sites for hydroxylation is 1. The summed E-state index contributed by atoms with van der Waals surface area (Å²) in [5.41, 5.74) is 1.66. The van der Waals surface area contributed by atoms with Crippen LogP contribution in [0.3, 0.4) is 0 Å². The lowest BCUT2D eigenvalue weighted by Crippen LogP contribution is -2.32. The highest BCUT2D eigenvalue weighted by atomic mass is 35.5. The molecule has 3 aromatic rings. The van der Waals surface area contributed by atoms with Gasteiger partial charge in [-0.3, -0.25) is 19.6 Å².